The highest BCUT2D eigenvalue weighted by molar-refractivity contribution is 6.11. The average molecular weight is 459 g/mol. The average Bonchev–Trinajstić information content (AvgIpc) is 3.11. The Labute approximate surface area is 193 Å². The van der Waals surface area contributed by atoms with Gasteiger partial charge in [-0.1, -0.05) is 12.1 Å². The highest BCUT2D eigenvalue weighted by atomic mass is 19.1. The summed E-state index contributed by atoms with van der Waals surface area (Å²) in [5, 5.41) is 0. The quantitative estimate of drug-likeness (QED) is 0.653. The van der Waals surface area contributed by atoms with E-state index in [-0.39, 0.29) is 41.4 Å². The third-order valence-corrected chi connectivity index (χ3v) is 7.37. The lowest BCUT2D eigenvalue weighted by molar-refractivity contribution is -0.138. The number of morpholine rings is 1. The van der Waals surface area contributed by atoms with Crippen LogP contribution in [0.2, 0.25) is 0 Å². The minimum absolute atomic E-state index is 0.0290. The highest BCUT2D eigenvalue weighted by Gasteiger charge is 2.52. The Kier molecular flexibility index (Phi) is 6.49. The molecule has 0 aromatic heterocycles. The zero-order chi connectivity index (χ0) is 22.9. The molecule has 1 aromatic rings. The largest absolute Gasteiger partial charge is 0.483 e. The zero-order valence-electron chi connectivity index (χ0n) is 19.0. The van der Waals surface area contributed by atoms with Crippen molar-refractivity contribution in [1.29, 1.82) is 0 Å². The van der Waals surface area contributed by atoms with Gasteiger partial charge in [-0.15, -0.1) is 0 Å². The summed E-state index contributed by atoms with van der Waals surface area (Å²) < 4.78 is 31.2. The first kappa shape index (κ1) is 22.5. The number of hydrogen-bond donors (Lipinski definition) is 0. The fourth-order valence-electron chi connectivity index (χ4n) is 5.63. The van der Waals surface area contributed by atoms with Gasteiger partial charge < -0.3 is 19.1 Å². The van der Waals surface area contributed by atoms with Gasteiger partial charge in [-0.3, -0.25) is 14.5 Å². The summed E-state index contributed by atoms with van der Waals surface area (Å²) in [5.74, 6) is -0.822. The summed E-state index contributed by atoms with van der Waals surface area (Å²) in [6.07, 6.45) is 2.49. The van der Waals surface area contributed by atoms with Crippen molar-refractivity contribution >= 4 is 11.7 Å². The maximum Gasteiger partial charge on any atom is 0.290 e. The lowest BCUT2D eigenvalue weighted by atomic mass is 9.76. The Morgan fingerprint density at radius 2 is 1.97 bits per heavy atom. The van der Waals surface area contributed by atoms with Crippen LogP contribution < -0.4 is 0 Å². The van der Waals surface area contributed by atoms with E-state index in [9.17, 15) is 14.0 Å². The Hall–Kier alpha value is -2.29. The van der Waals surface area contributed by atoms with Gasteiger partial charge in [0.25, 0.3) is 5.91 Å². The summed E-state index contributed by atoms with van der Waals surface area (Å²) in [6.45, 7) is 4.50. The minimum atomic E-state index is -0.610. The molecule has 178 valence electrons. The fourth-order valence-corrected chi connectivity index (χ4v) is 5.63. The van der Waals surface area contributed by atoms with Crippen LogP contribution in [0, 0.1) is 11.7 Å². The molecule has 4 atom stereocenters. The molecule has 4 aliphatic rings. The SMILES string of the molecule is COC1CCC2C(=O)C3=C(OC2C1)C(=O)N(CCCN1CCOCC1)C3c1cccc(F)c1. The molecule has 3 aliphatic heterocycles. The summed E-state index contributed by atoms with van der Waals surface area (Å²) in [4.78, 5) is 31.2. The number of halogens is 1. The number of carbonyl (C=O) groups is 2. The smallest absolute Gasteiger partial charge is 0.290 e. The van der Waals surface area contributed by atoms with Crippen LogP contribution in [0.3, 0.4) is 0 Å². The monoisotopic (exact) mass is 458 g/mol. The lowest BCUT2D eigenvalue weighted by Gasteiger charge is -2.38. The van der Waals surface area contributed by atoms with Crippen molar-refractivity contribution in [1.82, 2.24) is 9.80 Å². The van der Waals surface area contributed by atoms with E-state index < -0.39 is 6.04 Å². The summed E-state index contributed by atoms with van der Waals surface area (Å²) in [6, 6.07) is 5.60. The second-order valence-corrected chi connectivity index (χ2v) is 9.30. The van der Waals surface area contributed by atoms with E-state index in [4.69, 9.17) is 14.2 Å². The number of fused-ring (bicyclic) bond motifs is 1. The zero-order valence-corrected chi connectivity index (χ0v) is 19.0. The van der Waals surface area contributed by atoms with Crippen LogP contribution >= 0.6 is 0 Å². The molecule has 2 fully saturated rings. The number of Topliss-reactive ketones (excluding diaryl/α,β-unsaturated/α-hetero) is 1. The number of hydrogen-bond acceptors (Lipinski definition) is 6. The maximum atomic E-state index is 14.1. The Morgan fingerprint density at radius 1 is 1.15 bits per heavy atom. The molecule has 0 radical (unpaired) electrons. The van der Waals surface area contributed by atoms with E-state index in [0.29, 0.717) is 30.5 Å². The van der Waals surface area contributed by atoms with Gasteiger partial charge >= 0.3 is 0 Å². The Bertz CT molecular complexity index is 944. The van der Waals surface area contributed by atoms with Crippen LogP contribution in [-0.2, 0) is 23.8 Å². The van der Waals surface area contributed by atoms with Crippen LogP contribution in [0.15, 0.2) is 35.6 Å². The molecule has 1 aliphatic carbocycles. The second kappa shape index (κ2) is 9.52. The molecule has 33 heavy (non-hydrogen) atoms. The van der Waals surface area contributed by atoms with Crippen molar-refractivity contribution in [3.8, 4) is 0 Å². The Balaban J connectivity index is 1.41. The summed E-state index contributed by atoms with van der Waals surface area (Å²) in [5.41, 5.74) is 1.01. The molecule has 0 bridgehead atoms. The number of ketones is 1. The second-order valence-electron chi connectivity index (χ2n) is 9.30. The third-order valence-electron chi connectivity index (χ3n) is 7.37. The van der Waals surface area contributed by atoms with Gasteiger partial charge in [0.15, 0.2) is 11.5 Å². The van der Waals surface area contributed by atoms with Crippen molar-refractivity contribution in [3.05, 3.63) is 47.0 Å². The van der Waals surface area contributed by atoms with E-state index in [2.05, 4.69) is 4.90 Å². The molecule has 0 N–H and O–H groups in total. The molecular weight excluding hydrogens is 427 g/mol. The van der Waals surface area contributed by atoms with E-state index >= 15 is 0 Å². The van der Waals surface area contributed by atoms with Gasteiger partial charge in [0.2, 0.25) is 0 Å². The van der Waals surface area contributed by atoms with Crippen LogP contribution in [0.4, 0.5) is 4.39 Å². The van der Waals surface area contributed by atoms with Crippen molar-refractivity contribution in [2.75, 3.05) is 46.5 Å². The topological polar surface area (TPSA) is 68.3 Å². The third kappa shape index (κ3) is 4.32. The van der Waals surface area contributed by atoms with Crippen LogP contribution in [-0.4, -0.2) is 80.2 Å². The molecule has 4 unspecified atom stereocenters. The Morgan fingerprint density at radius 3 is 2.73 bits per heavy atom. The van der Waals surface area contributed by atoms with Gasteiger partial charge in [-0.2, -0.15) is 0 Å². The van der Waals surface area contributed by atoms with E-state index in [0.717, 1.165) is 45.7 Å². The number of nitrogens with zero attached hydrogens (tertiary/aromatic N) is 2. The standard InChI is InChI=1S/C25H31FN2O5/c1-31-18-6-7-19-20(15-18)33-24-21(23(19)29)22(16-4-2-5-17(26)14-16)28(25(24)30)9-3-8-27-10-12-32-13-11-27/h2,4-5,14,18-20,22H,3,6-13,15H2,1H3. The molecule has 7 nitrogen and oxygen atoms in total. The molecule has 5 rings (SSSR count). The minimum Gasteiger partial charge on any atom is -0.483 e. The molecule has 3 heterocycles. The molecule has 8 heteroatoms. The fraction of sp³-hybridized carbons (Fsp3) is 0.600. The van der Waals surface area contributed by atoms with Crippen molar-refractivity contribution < 1.29 is 28.2 Å². The first-order chi connectivity index (χ1) is 16.1. The number of ether oxygens (including phenoxy) is 3. The van der Waals surface area contributed by atoms with Crippen LogP contribution in [0.5, 0.6) is 0 Å². The summed E-state index contributed by atoms with van der Waals surface area (Å²) >= 11 is 0. The highest BCUT2D eigenvalue weighted by Crippen LogP contribution is 2.47. The lowest BCUT2D eigenvalue weighted by Crippen LogP contribution is -2.43. The predicted molar refractivity (Wildman–Crippen MR) is 118 cm³/mol. The number of amides is 1. The predicted octanol–water partition coefficient (Wildman–Crippen LogP) is 2.47. The first-order valence-corrected chi connectivity index (χ1v) is 11.9. The van der Waals surface area contributed by atoms with Crippen molar-refractivity contribution in [2.45, 2.75) is 43.9 Å². The van der Waals surface area contributed by atoms with Gasteiger partial charge in [0.05, 0.1) is 36.9 Å². The van der Waals surface area contributed by atoms with E-state index in [1.165, 1.54) is 12.1 Å². The molecule has 1 aromatic carbocycles. The summed E-state index contributed by atoms with van der Waals surface area (Å²) in [7, 11) is 1.66. The molecule has 1 amide bonds. The van der Waals surface area contributed by atoms with Gasteiger partial charge in [-0.05, 0) is 37.0 Å². The first-order valence-electron chi connectivity index (χ1n) is 11.9. The van der Waals surface area contributed by atoms with E-state index in [1.807, 2.05) is 0 Å². The normalized spacial score (nSPS) is 30.3. The number of benzene rings is 1. The van der Waals surface area contributed by atoms with Gasteiger partial charge in [0.1, 0.15) is 11.9 Å². The van der Waals surface area contributed by atoms with E-state index in [1.54, 1.807) is 24.1 Å². The van der Waals surface area contributed by atoms with Crippen LogP contribution in [0.25, 0.3) is 0 Å². The number of methoxy groups -OCH3 is 1. The number of rotatable bonds is 6. The molecule has 1 saturated heterocycles. The van der Waals surface area contributed by atoms with Gasteiger partial charge in [0, 0.05) is 39.7 Å². The molecule has 0 spiro atoms. The molecule has 1 saturated carbocycles. The maximum absolute atomic E-state index is 14.1. The number of carbonyl (C=O) groups excluding carboxylic acids is 2. The van der Waals surface area contributed by atoms with Gasteiger partial charge in [-0.25, -0.2) is 4.39 Å². The van der Waals surface area contributed by atoms with Crippen molar-refractivity contribution in [2.24, 2.45) is 5.92 Å². The van der Waals surface area contributed by atoms with Crippen LogP contribution in [0.1, 0.15) is 37.3 Å². The molecular formula is C25H31FN2O5. The van der Waals surface area contributed by atoms with Crippen molar-refractivity contribution in [3.63, 3.8) is 0 Å².